The molecule has 0 aromatic carbocycles. The summed E-state index contributed by atoms with van der Waals surface area (Å²) in [5.74, 6) is 0. The lowest BCUT2D eigenvalue weighted by Gasteiger charge is -2.08. The zero-order valence-electron chi connectivity index (χ0n) is 6.66. The molecule has 0 bridgehead atoms. The van der Waals surface area contributed by atoms with Crippen LogP contribution >= 0.6 is 0 Å². The van der Waals surface area contributed by atoms with Crippen molar-refractivity contribution in [2.75, 3.05) is 13.1 Å². The van der Waals surface area contributed by atoms with E-state index < -0.39 is 18.8 Å². The van der Waals surface area contributed by atoms with E-state index in [0.29, 0.717) is 13.0 Å². The molecule has 0 saturated heterocycles. The van der Waals surface area contributed by atoms with Gasteiger partial charge in [-0.05, 0) is 6.42 Å². The van der Waals surface area contributed by atoms with Gasteiger partial charge in [-0.3, -0.25) is 0 Å². The maximum atomic E-state index is 11.5. The second-order valence-corrected chi connectivity index (χ2v) is 2.22. The van der Waals surface area contributed by atoms with Gasteiger partial charge in [-0.1, -0.05) is 6.92 Å². The molecule has 12 heavy (non-hydrogen) atoms. The van der Waals surface area contributed by atoms with Crippen molar-refractivity contribution in [3.05, 3.63) is 0 Å². The van der Waals surface area contributed by atoms with Gasteiger partial charge >= 0.3 is 12.2 Å². The second-order valence-electron chi connectivity index (χ2n) is 2.22. The Hall–Kier alpha value is -0.940. The van der Waals surface area contributed by atoms with Gasteiger partial charge in [-0.25, -0.2) is 4.79 Å². The summed E-state index contributed by atoms with van der Waals surface area (Å²) in [5, 5.41) is 3.94. The Bertz CT molecular complexity index is 146. The lowest BCUT2D eigenvalue weighted by molar-refractivity contribution is -0.122. The Balaban J connectivity index is 3.44. The average molecular weight is 184 g/mol. The maximum Gasteiger partial charge on any atom is 0.405 e. The third-order valence-electron chi connectivity index (χ3n) is 0.985. The number of amides is 2. The fourth-order valence-corrected chi connectivity index (χ4v) is 0.482. The highest BCUT2D eigenvalue weighted by Gasteiger charge is 2.27. The molecule has 0 spiro atoms. The van der Waals surface area contributed by atoms with Crippen LogP contribution in [0.15, 0.2) is 0 Å². The number of nitrogens with one attached hydrogen (secondary N) is 2. The SMILES string of the molecule is CCCNC(=O)NCC(F)(F)F. The van der Waals surface area contributed by atoms with Crippen LogP contribution in [0.5, 0.6) is 0 Å². The van der Waals surface area contributed by atoms with Gasteiger partial charge in [0.1, 0.15) is 6.54 Å². The molecule has 0 rings (SSSR count). The molecule has 72 valence electrons. The van der Waals surface area contributed by atoms with Gasteiger partial charge in [0.15, 0.2) is 0 Å². The zero-order chi connectivity index (χ0) is 9.61. The van der Waals surface area contributed by atoms with E-state index >= 15 is 0 Å². The van der Waals surface area contributed by atoms with Crippen molar-refractivity contribution in [3.63, 3.8) is 0 Å². The smallest absolute Gasteiger partial charge is 0.338 e. The van der Waals surface area contributed by atoms with Crippen molar-refractivity contribution >= 4 is 6.03 Å². The number of carbonyl (C=O) groups is 1. The molecule has 6 heteroatoms. The number of urea groups is 1. The van der Waals surface area contributed by atoms with Crippen LogP contribution in [0.4, 0.5) is 18.0 Å². The summed E-state index contributed by atoms with van der Waals surface area (Å²) < 4.78 is 34.5. The van der Waals surface area contributed by atoms with E-state index in [1.807, 2.05) is 6.92 Å². The fourth-order valence-electron chi connectivity index (χ4n) is 0.482. The Morgan fingerprint density at radius 2 is 1.92 bits per heavy atom. The van der Waals surface area contributed by atoms with E-state index in [0.717, 1.165) is 0 Å². The Morgan fingerprint density at radius 1 is 1.33 bits per heavy atom. The largest absolute Gasteiger partial charge is 0.405 e. The molecular formula is C6H11F3N2O. The monoisotopic (exact) mass is 184 g/mol. The van der Waals surface area contributed by atoms with Crippen LogP contribution in [0.25, 0.3) is 0 Å². The summed E-state index contributed by atoms with van der Waals surface area (Å²) in [6.07, 6.45) is -3.65. The molecule has 0 aliphatic heterocycles. The molecule has 0 aromatic rings. The Kier molecular flexibility index (Phi) is 4.46. The Labute approximate surface area is 68.3 Å². The zero-order valence-corrected chi connectivity index (χ0v) is 6.66. The molecule has 2 amide bonds. The van der Waals surface area contributed by atoms with E-state index in [-0.39, 0.29) is 0 Å². The van der Waals surface area contributed by atoms with Gasteiger partial charge in [-0.15, -0.1) is 0 Å². The van der Waals surface area contributed by atoms with Crippen molar-refractivity contribution in [1.82, 2.24) is 10.6 Å². The quantitative estimate of drug-likeness (QED) is 0.681. The van der Waals surface area contributed by atoms with Crippen molar-refractivity contribution in [1.29, 1.82) is 0 Å². The van der Waals surface area contributed by atoms with Crippen LogP contribution in [0.1, 0.15) is 13.3 Å². The number of hydrogen-bond acceptors (Lipinski definition) is 1. The highest BCUT2D eigenvalue weighted by molar-refractivity contribution is 5.73. The number of hydrogen-bond donors (Lipinski definition) is 2. The molecule has 0 aliphatic rings. The molecule has 0 radical (unpaired) electrons. The van der Waals surface area contributed by atoms with E-state index in [2.05, 4.69) is 5.32 Å². The average Bonchev–Trinajstić information content (AvgIpc) is 1.95. The molecule has 0 fully saturated rings. The fraction of sp³-hybridized carbons (Fsp3) is 0.833. The third-order valence-corrected chi connectivity index (χ3v) is 0.985. The van der Waals surface area contributed by atoms with Gasteiger partial charge in [0, 0.05) is 6.54 Å². The minimum Gasteiger partial charge on any atom is -0.338 e. The first-order valence-corrected chi connectivity index (χ1v) is 3.54. The highest BCUT2D eigenvalue weighted by Crippen LogP contribution is 2.11. The van der Waals surface area contributed by atoms with Crippen LogP contribution in [-0.4, -0.2) is 25.3 Å². The van der Waals surface area contributed by atoms with Gasteiger partial charge in [-0.2, -0.15) is 13.2 Å². The summed E-state index contributed by atoms with van der Waals surface area (Å²) >= 11 is 0. The molecular weight excluding hydrogens is 173 g/mol. The van der Waals surface area contributed by atoms with E-state index in [1.54, 1.807) is 5.32 Å². The number of rotatable bonds is 3. The lowest BCUT2D eigenvalue weighted by atomic mass is 10.5. The van der Waals surface area contributed by atoms with Crippen molar-refractivity contribution in [2.45, 2.75) is 19.5 Å². The normalized spacial score (nSPS) is 11.0. The van der Waals surface area contributed by atoms with Crippen LogP contribution < -0.4 is 10.6 Å². The minimum atomic E-state index is -4.34. The number of alkyl halides is 3. The summed E-state index contributed by atoms with van der Waals surface area (Å²) in [6.45, 7) is 0.899. The third kappa shape index (κ3) is 7.17. The first-order valence-electron chi connectivity index (χ1n) is 3.54. The topological polar surface area (TPSA) is 41.1 Å². The standard InChI is InChI=1S/C6H11F3N2O/c1-2-3-10-5(12)11-4-6(7,8)9/h2-4H2,1H3,(H2,10,11,12). The van der Waals surface area contributed by atoms with E-state index in [1.165, 1.54) is 0 Å². The molecule has 2 N–H and O–H groups in total. The van der Waals surface area contributed by atoms with Gasteiger partial charge in [0.05, 0.1) is 0 Å². The van der Waals surface area contributed by atoms with E-state index in [4.69, 9.17) is 0 Å². The molecule has 3 nitrogen and oxygen atoms in total. The van der Waals surface area contributed by atoms with E-state index in [9.17, 15) is 18.0 Å². The second kappa shape index (κ2) is 4.84. The number of halogens is 3. The van der Waals surface area contributed by atoms with Crippen molar-refractivity contribution < 1.29 is 18.0 Å². The molecule has 0 atom stereocenters. The minimum absolute atomic E-state index is 0.379. The van der Waals surface area contributed by atoms with Gasteiger partial charge in [0.25, 0.3) is 0 Å². The molecule has 0 aliphatic carbocycles. The first-order chi connectivity index (χ1) is 5.45. The van der Waals surface area contributed by atoms with Gasteiger partial charge in [0.2, 0.25) is 0 Å². The summed E-state index contributed by atoms with van der Waals surface area (Å²) in [6, 6.07) is -0.783. The lowest BCUT2D eigenvalue weighted by Crippen LogP contribution is -2.40. The highest BCUT2D eigenvalue weighted by atomic mass is 19.4. The summed E-state index contributed by atoms with van der Waals surface area (Å²) in [4.78, 5) is 10.5. The molecule has 0 heterocycles. The van der Waals surface area contributed by atoms with Crippen LogP contribution in [0.2, 0.25) is 0 Å². The summed E-state index contributed by atoms with van der Waals surface area (Å²) in [7, 11) is 0. The van der Waals surface area contributed by atoms with Crippen LogP contribution in [0.3, 0.4) is 0 Å². The predicted octanol–water partition coefficient (Wildman–Crippen LogP) is 1.26. The Morgan fingerprint density at radius 3 is 2.33 bits per heavy atom. The number of carbonyl (C=O) groups excluding carboxylic acids is 1. The maximum absolute atomic E-state index is 11.5. The van der Waals surface area contributed by atoms with Crippen molar-refractivity contribution in [2.24, 2.45) is 0 Å². The molecule has 0 saturated carbocycles. The summed E-state index contributed by atoms with van der Waals surface area (Å²) in [5.41, 5.74) is 0. The van der Waals surface area contributed by atoms with Crippen LogP contribution in [-0.2, 0) is 0 Å². The molecule has 0 aromatic heterocycles. The van der Waals surface area contributed by atoms with Crippen LogP contribution in [0, 0.1) is 0 Å². The first kappa shape index (κ1) is 11.1. The predicted molar refractivity (Wildman–Crippen MR) is 37.7 cm³/mol. The van der Waals surface area contributed by atoms with Gasteiger partial charge < -0.3 is 10.6 Å². The van der Waals surface area contributed by atoms with Crippen molar-refractivity contribution in [3.8, 4) is 0 Å². The molecule has 0 unspecified atom stereocenters.